The maximum absolute atomic E-state index is 13.0. The number of rotatable bonds is 4. The molecule has 0 unspecified atom stereocenters. The van der Waals surface area contributed by atoms with Crippen LogP contribution < -0.4 is 14.9 Å². The van der Waals surface area contributed by atoms with Crippen molar-refractivity contribution in [1.29, 1.82) is 0 Å². The average molecular weight is 273 g/mol. The van der Waals surface area contributed by atoms with Gasteiger partial charge in [-0.1, -0.05) is 11.9 Å². The van der Waals surface area contributed by atoms with Gasteiger partial charge in [0, 0.05) is 0 Å². The molecule has 106 valence electrons. The molecule has 1 saturated carbocycles. The van der Waals surface area contributed by atoms with Crippen molar-refractivity contribution in [2.75, 3.05) is 7.11 Å². The molecule has 1 aromatic carbocycles. The largest absolute Gasteiger partial charge is 0.513 e. The predicted octanol–water partition coefficient (Wildman–Crippen LogP) is 3.46. The van der Waals surface area contributed by atoms with Gasteiger partial charge in [-0.2, -0.15) is 0 Å². The monoisotopic (exact) mass is 273 g/mol. The lowest BCUT2D eigenvalue weighted by Crippen LogP contribution is -2.36. The van der Waals surface area contributed by atoms with Crippen LogP contribution in [0.3, 0.4) is 0 Å². The fraction of sp³-hybridized carbons (Fsp3) is 0.538. The molecule has 0 heterocycles. The Morgan fingerprint density at radius 2 is 1.79 bits per heavy atom. The normalized spacial score (nSPS) is 17.3. The number of hydrogen-bond acceptors (Lipinski definition) is 2. The van der Waals surface area contributed by atoms with E-state index in [9.17, 15) is 12.9 Å². The van der Waals surface area contributed by atoms with Gasteiger partial charge in [0.1, 0.15) is 5.75 Å². The zero-order valence-electron chi connectivity index (χ0n) is 10.9. The number of methoxy groups -OCH3 is 1. The minimum absolute atomic E-state index is 0.0693. The van der Waals surface area contributed by atoms with E-state index in [2.05, 4.69) is 0 Å². The molecule has 0 atom stereocenters. The summed E-state index contributed by atoms with van der Waals surface area (Å²) < 4.78 is 49.5. The fourth-order valence-electron chi connectivity index (χ4n) is 2.38. The molecule has 0 N–H and O–H groups in total. The van der Waals surface area contributed by atoms with Crippen molar-refractivity contribution < 1.29 is 22.4 Å². The summed E-state index contributed by atoms with van der Waals surface area (Å²) in [6.07, 6.45) is 4.74. The summed E-state index contributed by atoms with van der Waals surface area (Å²) in [7, 11) is 1.35. The maximum Gasteiger partial charge on any atom is 0.513 e. The Morgan fingerprint density at radius 1 is 1.11 bits per heavy atom. The van der Waals surface area contributed by atoms with Gasteiger partial charge in [-0.05, 0) is 43.9 Å². The van der Waals surface area contributed by atoms with Gasteiger partial charge in [-0.15, -0.1) is 0 Å². The van der Waals surface area contributed by atoms with Gasteiger partial charge in [-0.25, -0.2) is 0 Å². The molecule has 1 fully saturated rings. The molecule has 19 heavy (non-hydrogen) atoms. The third-order valence-electron chi connectivity index (χ3n) is 3.42. The zero-order valence-corrected chi connectivity index (χ0v) is 10.9. The quantitative estimate of drug-likeness (QED) is 0.782. The number of hydrogen-bond donors (Lipinski definition) is 0. The average Bonchev–Trinajstić information content (AvgIpc) is 2.39. The Labute approximate surface area is 111 Å². The zero-order chi connectivity index (χ0) is 13.9. The van der Waals surface area contributed by atoms with Gasteiger partial charge < -0.3 is 22.4 Å². The SMILES string of the molecule is COc1ccc(OC2CCCCC2)c([B-](F)(F)F)c1. The molecule has 1 aliphatic carbocycles. The lowest BCUT2D eigenvalue weighted by atomic mass is 9.79. The third kappa shape index (κ3) is 3.58. The first-order chi connectivity index (χ1) is 9.00. The highest BCUT2D eigenvalue weighted by Crippen LogP contribution is 2.26. The highest BCUT2D eigenvalue weighted by molar-refractivity contribution is 6.74. The van der Waals surface area contributed by atoms with Crippen LogP contribution in [0, 0.1) is 0 Å². The number of halogens is 3. The highest BCUT2D eigenvalue weighted by atomic mass is 19.4. The van der Waals surface area contributed by atoms with Crippen LogP contribution in [-0.2, 0) is 0 Å². The van der Waals surface area contributed by atoms with Crippen LogP contribution in [0.4, 0.5) is 12.9 Å². The molecule has 0 aromatic heterocycles. The van der Waals surface area contributed by atoms with Crippen LogP contribution in [-0.4, -0.2) is 20.2 Å². The molecular weight excluding hydrogens is 256 g/mol. The van der Waals surface area contributed by atoms with Crippen molar-refractivity contribution >= 4 is 12.4 Å². The maximum atomic E-state index is 13.0. The molecule has 0 saturated heterocycles. The molecule has 2 rings (SSSR count). The van der Waals surface area contributed by atoms with Crippen LogP contribution in [0.2, 0.25) is 0 Å². The summed E-state index contributed by atoms with van der Waals surface area (Å²) >= 11 is 0. The first-order valence-electron chi connectivity index (χ1n) is 6.55. The molecule has 0 aliphatic heterocycles. The van der Waals surface area contributed by atoms with Crippen molar-refractivity contribution in [3.8, 4) is 11.5 Å². The fourth-order valence-corrected chi connectivity index (χ4v) is 2.38. The minimum atomic E-state index is -5.10. The van der Waals surface area contributed by atoms with Crippen molar-refractivity contribution in [3.63, 3.8) is 0 Å². The number of ether oxygens (including phenoxy) is 2. The predicted molar refractivity (Wildman–Crippen MR) is 69.2 cm³/mol. The third-order valence-corrected chi connectivity index (χ3v) is 3.42. The summed E-state index contributed by atoms with van der Waals surface area (Å²) in [6.45, 7) is -5.10. The molecule has 2 nitrogen and oxygen atoms in total. The van der Waals surface area contributed by atoms with E-state index in [1.54, 1.807) is 0 Å². The van der Waals surface area contributed by atoms with Crippen molar-refractivity contribution in [2.24, 2.45) is 0 Å². The molecule has 1 aliphatic rings. The van der Waals surface area contributed by atoms with Gasteiger partial charge in [0.25, 0.3) is 0 Å². The Bertz CT molecular complexity index is 428. The Balaban J connectivity index is 2.23. The summed E-state index contributed by atoms with van der Waals surface area (Å²) in [4.78, 5) is 0. The van der Waals surface area contributed by atoms with E-state index in [-0.39, 0.29) is 17.6 Å². The van der Waals surface area contributed by atoms with Gasteiger partial charge >= 0.3 is 6.98 Å². The van der Waals surface area contributed by atoms with Crippen LogP contribution in [0.25, 0.3) is 0 Å². The van der Waals surface area contributed by atoms with Gasteiger partial charge in [0.15, 0.2) is 0 Å². The first-order valence-corrected chi connectivity index (χ1v) is 6.55. The Hall–Kier alpha value is -1.33. The van der Waals surface area contributed by atoms with Crippen molar-refractivity contribution in [2.45, 2.75) is 38.2 Å². The van der Waals surface area contributed by atoms with E-state index in [4.69, 9.17) is 9.47 Å². The van der Waals surface area contributed by atoms with Crippen LogP contribution in [0.5, 0.6) is 11.5 Å². The molecule has 0 bridgehead atoms. The molecule has 0 spiro atoms. The second-order valence-corrected chi connectivity index (χ2v) is 4.86. The highest BCUT2D eigenvalue weighted by Gasteiger charge is 2.30. The van der Waals surface area contributed by atoms with E-state index in [1.807, 2.05) is 0 Å². The van der Waals surface area contributed by atoms with Crippen molar-refractivity contribution in [1.82, 2.24) is 0 Å². The summed E-state index contributed by atoms with van der Waals surface area (Å²) in [5.41, 5.74) is -0.704. The van der Waals surface area contributed by atoms with E-state index in [0.717, 1.165) is 38.2 Å². The Kier molecular flexibility index (Phi) is 4.27. The van der Waals surface area contributed by atoms with E-state index < -0.39 is 12.4 Å². The summed E-state index contributed by atoms with van der Waals surface area (Å²) in [5, 5.41) is 0. The lowest BCUT2D eigenvalue weighted by Gasteiger charge is -2.27. The van der Waals surface area contributed by atoms with E-state index in [1.165, 1.54) is 19.2 Å². The van der Waals surface area contributed by atoms with Crippen molar-refractivity contribution in [3.05, 3.63) is 18.2 Å². The standard InChI is InChI=1S/C13H17BF3O2/c1-18-11-7-8-13(12(9-11)14(15,16)17)19-10-5-3-2-4-6-10/h7-10H,2-6H2,1H3/q-1. The second-order valence-electron chi connectivity index (χ2n) is 4.86. The summed E-state index contributed by atoms with van der Waals surface area (Å²) in [5.74, 6) is 0.130. The molecular formula is C13H17BF3O2-. The lowest BCUT2D eigenvalue weighted by molar-refractivity contribution is 0.156. The van der Waals surface area contributed by atoms with Crippen LogP contribution in [0.1, 0.15) is 32.1 Å². The van der Waals surface area contributed by atoms with Gasteiger partial charge in [-0.3, -0.25) is 0 Å². The van der Waals surface area contributed by atoms with Gasteiger partial charge in [0.05, 0.1) is 19.0 Å². The topological polar surface area (TPSA) is 18.5 Å². The second kappa shape index (κ2) is 5.76. The van der Waals surface area contributed by atoms with E-state index in [0.29, 0.717) is 0 Å². The molecule has 0 amide bonds. The van der Waals surface area contributed by atoms with Gasteiger partial charge in [0.2, 0.25) is 0 Å². The Morgan fingerprint density at radius 3 is 2.37 bits per heavy atom. The van der Waals surface area contributed by atoms with Crippen LogP contribution >= 0.6 is 0 Å². The minimum Gasteiger partial charge on any atom is -0.497 e. The smallest absolute Gasteiger partial charge is 0.497 e. The molecule has 6 heteroatoms. The molecule has 1 aromatic rings. The summed E-state index contributed by atoms with van der Waals surface area (Å²) in [6, 6.07) is 3.87. The van der Waals surface area contributed by atoms with E-state index >= 15 is 0 Å². The van der Waals surface area contributed by atoms with Crippen LogP contribution in [0.15, 0.2) is 18.2 Å². The first kappa shape index (κ1) is 14.1. The number of benzene rings is 1. The molecule has 0 radical (unpaired) electrons.